The average Bonchev–Trinajstić information content (AvgIpc) is 2.61. The second-order valence-corrected chi connectivity index (χ2v) is 5.28. The van der Waals surface area contributed by atoms with Crippen molar-refractivity contribution in [1.29, 1.82) is 0 Å². The summed E-state index contributed by atoms with van der Waals surface area (Å²) < 4.78 is 0. The minimum Gasteiger partial charge on any atom is -0.376 e. The van der Waals surface area contributed by atoms with E-state index in [0.29, 0.717) is 31.7 Å². The standard InChI is InChI=1S/C19H27N3O2/c1-5-13-22(14-6-2)18(23)15-20-17-11-9-16(10-12-17)19(24)21(7-3)8-4/h5-6,9-12,20H,1-2,7-8,13-15H2,3-4H3. The lowest BCUT2D eigenvalue weighted by atomic mass is 10.1. The van der Waals surface area contributed by atoms with E-state index in [0.717, 1.165) is 5.69 Å². The number of anilines is 1. The fourth-order valence-electron chi connectivity index (χ4n) is 2.30. The summed E-state index contributed by atoms with van der Waals surface area (Å²) in [6.07, 6.45) is 3.38. The summed E-state index contributed by atoms with van der Waals surface area (Å²) in [5.74, 6) is -0.0103. The minimum absolute atomic E-state index is 0.0192. The highest BCUT2D eigenvalue weighted by Crippen LogP contribution is 2.11. The molecule has 1 rings (SSSR count). The smallest absolute Gasteiger partial charge is 0.253 e. The number of rotatable bonds is 10. The van der Waals surface area contributed by atoms with Gasteiger partial charge >= 0.3 is 0 Å². The van der Waals surface area contributed by atoms with E-state index < -0.39 is 0 Å². The van der Waals surface area contributed by atoms with Gasteiger partial charge in [0.1, 0.15) is 0 Å². The van der Waals surface area contributed by atoms with Crippen molar-refractivity contribution < 1.29 is 9.59 Å². The van der Waals surface area contributed by atoms with E-state index in [9.17, 15) is 9.59 Å². The van der Waals surface area contributed by atoms with E-state index in [1.165, 1.54) is 0 Å². The van der Waals surface area contributed by atoms with Gasteiger partial charge in [-0.2, -0.15) is 0 Å². The molecule has 0 aliphatic carbocycles. The van der Waals surface area contributed by atoms with Gasteiger partial charge < -0.3 is 15.1 Å². The predicted octanol–water partition coefficient (Wildman–Crippen LogP) is 2.78. The van der Waals surface area contributed by atoms with Crippen molar-refractivity contribution in [3.8, 4) is 0 Å². The molecule has 0 atom stereocenters. The van der Waals surface area contributed by atoms with Crippen molar-refractivity contribution in [3.05, 3.63) is 55.1 Å². The molecule has 0 heterocycles. The summed E-state index contributed by atoms with van der Waals surface area (Å²) in [6.45, 7) is 13.8. The summed E-state index contributed by atoms with van der Waals surface area (Å²) in [6, 6.07) is 7.18. The summed E-state index contributed by atoms with van der Waals surface area (Å²) in [4.78, 5) is 27.8. The third-order valence-corrected chi connectivity index (χ3v) is 3.68. The first kappa shape index (κ1) is 19.5. The molecule has 1 N–H and O–H groups in total. The van der Waals surface area contributed by atoms with Gasteiger partial charge in [-0.15, -0.1) is 13.2 Å². The zero-order valence-corrected chi connectivity index (χ0v) is 14.6. The maximum Gasteiger partial charge on any atom is 0.253 e. The van der Waals surface area contributed by atoms with E-state index >= 15 is 0 Å². The Labute approximate surface area is 144 Å². The van der Waals surface area contributed by atoms with Crippen LogP contribution in [0.2, 0.25) is 0 Å². The molecule has 130 valence electrons. The topological polar surface area (TPSA) is 52.7 Å². The first-order valence-corrected chi connectivity index (χ1v) is 8.20. The first-order chi connectivity index (χ1) is 11.6. The van der Waals surface area contributed by atoms with Crippen LogP contribution in [-0.4, -0.2) is 54.3 Å². The molecule has 0 aliphatic heterocycles. The van der Waals surface area contributed by atoms with Crippen LogP contribution in [0.1, 0.15) is 24.2 Å². The van der Waals surface area contributed by atoms with Gasteiger partial charge in [0.2, 0.25) is 5.91 Å². The number of hydrogen-bond donors (Lipinski definition) is 1. The van der Waals surface area contributed by atoms with Crippen molar-refractivity contribution in [2.75, 3.05) is 38.0 Å². The fourth-order valence-corrected chi connectivity index (χ4v) is 2.30. The van der Waals surface area contributed by atoms with Crippen molar-refractivity contribution in [2.24, 2.45) is 0 Å². The minimum atomic E-state index is -0.0295. The fraction of sp³-hybridized carbons (Fsp3) is 0.368. The molecule has 0 unspecified atom stereocenters. The Morgan fingerprint density at radius 1 is 1.00 bits per heavy atom. The van der Waals surface area contributed by atoms with Crippen LogP contribution < -0.4 is 5.32 Å². The Morgan fingerprint density at radius 3 is 2.00 bits per heavy atom. The first-order valence-electron chi connectivity index (χ1n) is 8.20. The molecule has 5 nitrogen and oxygen atoms in total. The third-order valence-electron chi connectivity index (χ3n) is 3.68. The molecule has 2 amide bonds. The summed E-state index contributed by atoms with van der Waals surface area (Å²) in [5, 5.41) is 3.08. The van der Waals surface area contributed by atoms with Crippen molar-refractivity contribution in [3.63, 3.8) is 0 Å². The highest BCUT2D eigenvalue weighted by Gasteiger charge is 2.13. The molecule has 0 saturated heterocycles. The van der Waals surface area contributed by atoms with Crippen LogP contribution >= 0.6 is 0 Å². The van der Waals surface area contributed by atoms with Crippen molar-refractivity contribution >= 4 is 17.5 Å². The van der Waals surface area contributed by atoms with Crippen LogP contribution in [0, 0.1) is 0 Å². The highest BCUT2D eigenvalue weighted by molar-refractivity contribution is 5.94. The zero-order chi connectivity index (χ0) is 17.9. The average molecular weight is 329 g/mol. The molecule has 0 aromatic heterocycles. The summed E-state index contributed by atoms with van der Waals surface area (Å²) in [7, 11) is 0. The molecule has 5 heteroatoms. The summed E-state index contributed by atoms with van der Waals surface area (Å²) >= 11 is 0. The number of nitrogens with one attached hydrogen (secondary N) is 1. The monoisotopic (exact) mass is 329 g/mol. The van der Waals surface area contributed by atoms with E-state index in [4.69, 9.17) is 0 Å². The van der Waals surface area contributed by atoms with E-state index in [1.807, 2.05) is 26.0 Å². The normalized spacial score (nSPS) is 9.92. The molecular formula is C19H27N3O2. The highest BCUT2D eigenvalue weighted by atomic mass is 16.2. The van der Waals surface area contributed by atoms with Gasteiger partial charge in [-0.25, -0.2) is 0 Å². The van der Waals surface area contributed by atoms with Gasteiger partial charge in [0.25, 0.3) is 5.91 Å². The number of hydrogen-bond acceptors (Lipinski definition) is 3. The van der Waals surface area contributed by atoms with Gasteiger partial charge in [-0.05, 0) is 38.1 Å². The van der Waals surface area contributed by atoms with Crippen LogP contribution in [-0.2, 0) is 4.79 Å². The molecule has 0 saturated carbocycles. The lowest BCUT2D eigenvalue weighted by Crippen LogP contribution is -2.35. The number of carbonyl (C=O) groups is 2. The lowest BCUT2D eigenvalue weighted by Gasteiger charge is -2.20. The van der Waals surface area contributed by atoms with Gasteiger partial charge in [0.15, 0.2) is 0 Å². The van der Waals surface area contributed by atoms with Crippen molar-refractivity contribution in [2.45, 2.75) is 13.8 Å². The molecule has 0 radical (unpaired) electrons. The van der Waals surface area contributed by atoms with Crippen LogP contribution in [0.5, 0.6) is 0 Å². The number of benzene rings is 1. The van der Waals surface area contributed by atoms with Crippen LogP contribution in [0.15, 0.2) is 49.6 Å². The molecule has 0 bridgehead atoms. The van der Waals surface area contributed by atoms with Gasteiger partial charge in [-0.3, -0.25) is 9.59 Å². The quantitative estimate of drug-likeness (QED) is 0.672. The Morgan fingerprint density at radius 2 is 1.54 bits per heavy atom. The largest absolute Gasteiger partial charge is 0.376 e. The summed E-state index contributed by atoms with van der Waals surface area (Å²) in [5.41, 5.74) is 1.45. The second kappa shape index (κ2) is 10.3. The van der Waals surface area contributed by atoms with Gasteiger partial charge in [-0.1, -0.05) is 12.2 Å². The van der Waals surface area contributed by atoms with E-state index in [-0.39, 0.29) is 18.4 Å². The van der Waals surface area contributed by atoms with Crippen LogP contribution in [0.25, 0.3) is 0 Å². The molecule has 0 aliphatic rings. The number of carbonyl (C=O) groups excluding carboxylic acids is 2. The molecular weight excluding hydrogens is 302 g/mol. The van der Waals surface area contributed by atoms with Gasteiger partial charge in [0, 0.05) is 37.4 Å². The Hall–Kier alpha value is -2.56. The molecule has 1 aromatic carbocycles. The number of amides is 2. The SMILES string of the molecule is C=CCN(CC=C)C(=O)CNc1ccc(C(=O)N(CC)CC)cc1. The van der Waals surface area contributed by atoms with Crippen LogP contribution in [0.3, 0.4) is 0 Å². The maximum atomic E-state index is 12.2. The Balaban J connectivity index is 2.64. The molecule has 1 aromatic rings. The van der Waals surface area contributed by atoms with Gasteiger partial charge in [0.05, 0.1) is 6.54 Å². The van der Waals surface area contributed by atoms with Crippen molar-refractivity contribution in [1.82, 2.24) is 9.80 Å². The second-order valence-electron chi connectivity index (χ2n) is 5.28. The van der Waals surface area contributed by atoms with E-state index in [2.05, 4.69) is 18.5 Å². The third kappa shape index (κ3) is 5.57. The predicted molar refractivity (Wildman–Crippen MR) is 99.2 cm³/mol. The number of nitrogens with zero attached hydrogens (tertiary/aromatic N) is 2. The Kier molecular flexibility index (Phi) is 8.33. The Bertz CT molecular complexity index is 552. The molecule has 24 heavy (non-hydrogen) atoms. The lowest BCUT2D eigenvalue weighted by molar-refractivity contribution is -0.128. The zero-order valence-electron chi connectivity index (χ0n) is 14.6. The van der Waals surface area contributed by atoms with E-state index in [1.54, 1.807) is 34.1 Å². The molecule has 0 spiro atoms. The maximum absolute atomic E-state index is 12.2. The molecule has 0 fully saturated rings. The van der Waals surface area contributed by atoms with Crippen LogP contribution in [0.4, 0.5) is 5.69 Å².